The number of hydrazine groups is 1. The average molecular weight is 446 g/mol. The number of benzene rings is 2. The molecule has 1 aliphatic rings. The van der Waals surface area contributed by atoms with E-state index in [1.54, 1.807) is 48.8 Å². The molecule has 0 unspecified atom stereocenters. The minimum Gasteiger partial charge on any atom is -0.448 e. The molecular weight excluding hydrogens is 418 g/mol. The second-order valence-electron chi connectivity index (χ2n) is 7.85. The van der Waals surface area contributed by atoms with Crippen molar-refractivity contribution >= 4 is 29.1 Å². The summed E-state index contributed by atoms with van der Waals surface area (Å²) in [6, 6.07) is 20.1. The number of para-hydroxylation sites is 2. The Hall–Kier alpha value is -4.07. The van der Waals surface area contributed by atoms with E-state index >= 15 is 0 Å². The van der Waals surface area contributed by atoms with Crippen molar-refractivity contribution in [1.82, 2.24) is 10.4 Å². The zero-order valence-electron chi connectivity index (χ0n) is 18.2. The zero-order valence-corrected chi connectivity index (χ0v) is 18.2. The summed E-state index contributed by atoms with van der Waals surface area (Å²) in [6.07, 6.45) is 4.95. The van der Waals surface area contributed by atoms with Gasteiger partial charge >= 0.3 is 6.09 Å². The number of aromatic nitrogens is 1. The third-order valence-corrected chi connectivity index (χ3v) is 5.60. The van der Waals surface area contributed by atoms with Crippen LogP contribution in [-0.4, -0.2) is 36.7 Å². The number of ether oxygens (including phenoxy) is 1. The third kappa shape index (κ3) is 6.22. The first-order chi connectivity index (χ1) is 16.2. The van der Waals surface area contributed by atoms with Gasteiger partial charge in [-0.25, -0.2) is 10.2 Å². The van der Waals surface area contributed by atoms with E-state index in [1.807, 2.05) is 30.3 Å². The Morgan fingerprint density at radius 2 is 1.58 bits per heavy atom. The molecule has 0 aliphatic carbocycles. The molecule has 0 radical (unpaired) electrons. The van der Waals surface area contributed by atoms with Crippen LogP contribution in [0.1, 0.15) is 23.2 Å². The van der Waals surface area contributed by atoms with Crippen LogP contribution in [0.2, 0.25) is 0 Å². The number of amides is 2. The lowest BCUT2D eigenvalue weighted by Gasteiger charge is -2.33. The average Bonchev–Trinajstić information content (AvgIpc) is 2.88. The second-order valence-corrected chi connectivity index (χ2v) is 7.85. The highest BCUT2D eigenvalue weighted by molar-refractivity contribution is 6.05. The summed E-state index contributed by atoms with van der Waals surface area (Å²) in [5.41, 5.74) is 8.21. The molecule has 3 aromatic rings. The summed E-state index contributed by atoms with van der Waals surface area (Å²) in [6.45, 7) is 2.21. The predicted molar refractivity (Wildman–Crippen MR) is 128 cm³/mol. The van der Waals surface area contributed by atoms with Crippen molar-refractivity contribution in [2.45, 2.75) is 12.8 Å². The number of nitrogens with zero attached hydrogens (tertiary/aromatic N) is 2. The first kappa shape index (κ1) is 22.1. The standard InChI is InChI=1S/C25H27N5O3/c31-24(20-6-2-1-3-7-20)27-22-8-4-5-9-23(22)28-29-25(32)33-18-19-12-16-30(17-13-19)21-10-14-26-15-11-21/h1-11,14-15,19,28H,12-13,16-18H2,(H,27,31)(H,29,32). The van der Waals surface area contributed by atoms with E-state index in [2.05, 4.69) is 26.1 Å². The quantitative estimate of drug-likeness (QED) is 0.469. The van der Waals surface area contributed by atoms with Crippen LogP contribution in [0.4, 0.5) is 21.9 Å². The van der Waals surface area contributed by atoms with Crippen LogP contribution >= 0.6 is 0 Å². The molecule has 170 valence electrons. The summed E-state index contributed by atoms with van der Waals surface area (Å²) >= 11 is 0. The predicted octanol–water partition coefficient (Wildman–Crippen LogP) is 4.30. The molecular formula is C25H27N5O3. The first-order valence-electron chi connectivity index (χ1n) is 11.0. The smallest absolute Gasteiger partial charge is 0.425 e. The molecule has 2 aromatic carbocycles. The molecule has 2 amide bonds. The van der Waals surface area contributed by atoms with E-state index in [0.29, 0.717) is 29.5 Å². The molecule has 0 saturated carbocycles. The molecule has 1 aromatic heterocycles. The van der Waals surface area contributed by atoms with Crippen LogP contribution in [0.3, 0.4) is 0 Å². The number of carbonyl (C=O) groups is 2. The van der Waals surface area contributed by atoms with E-state index < -0.39 is 6.09 Å². The van der Waals surface area contributed by atoms with Gasteiger partial charge in [-0.3, -0.25) is 15.2 Å². The van der Waals surface area contributed by atoms with Crippen LogP contribution in [0.25, 0.3) is 0 Å². The van der Waals surface area contributed by atoms with Crippen molar-refractivity contribution in [1.29, 1.82) is 0 Å². The fourth-order valence-electron chi connectivity index (χ4n) is 3.75. The number of hydrogen-bond acceptors (Lipinski definition) is 6. The Labute approximate surface area is 192 Å². The number of anilines is 3. The molecule has 33 heavy (non-hydrogen) atoms. The minimum absolute atomic E-state index is 0.231. The maximum Gasteiger partial charge on any atom is 0.425 e. The van der Waals surface area contributed by atoms with Crippen LogP contribution in [0, 0.1) is 5.92 Å². The molecule has 1 aliphatic heterocycles. The van der Waals surface area contributed by atoms with E-state index in [-0.39, 0.29) is 5.91 Å². The summed E-state index contributed by atoms with van der Waals surface area (Å²) in [4.78, 5) is 31.0. The highest BCUT2D eigenvalue weighted by atomic mass is 16.6. The summed E-state index contributed by atoms with van der Waals surface area (Å²) in [5.74, 6) is 0.0943. The number of piperidine rings is 1. The van der Waals surface area contributed by atoms with Crippen molar-refractivity contribution in [2.75, 3.05) is 35.3 Å². The monoisotopic (exact) mass is 445 g/mol. The first-order valence-corrected chi connectivity index (χ1v) is 11.0. The Morgan fingerprint density at radius 3 is 2.30 bits per heavy atom. The SMILES string of the molecule is O=C(NNc1ccccc1NC(=O)c1ccccc1)OCC1CCN(c2ccncc2)CC1. The molecule has 8 nitrogen and oxygen atoms in total. The summed E-state index contributed by atoms with van der Waals surface area (Å²) in [7, 11) is 0. The molecule has 4 rings (SSSR count). The van der Waals surface area contributed by atoms with Gasteiger partial charge in [0.25, 0.3) is 5.91 Å². The molecule has 0 atom stereocenters. The van der Waals surface area contributed by atoms with Crippen molar-refractivity contribution < 1.29 is 14.3 Å². The van der Waals surface area contributed by atoms with Crippen molar-refractivity contribution in [3.05, 3.63) is 84.7 Å². The molecule has 2 heterocycles. The third-order valence-electron chi connectivity index (χ3n) is 5.60. The minimum atomic E-state index is -0.559. The van der Waals surface area contributed by atoms with Gasteiger partial charge in [-0.15, -0.1) is 0 Å². The van der Waals surface area contributed by atoms with Gasteiger partial charge in [0.05, 0.1) is 18.0 Å². The molecule has 1 saturated heterocycles. The van der Waals surface area contributed by atoms with E-state index in [9.17, 15) is 9.59 Å². The Balaban J connectivity index is 1.22. The number of carbonyl (C=O) groups excluding carboxylic acids is 2. The molecule has 8 heteroatoms. The van der Waals surface area contributed by atoms with Crippen LogP contribution in [0.15, 0.2) is 79.1 Å². The summed E-state index contributed by atoms with van der Waals surface area (Å²) in [5, 5.41) is 2.85. The van der Waals surface area contributed by atoms with Gasteiger partial charge in [0.2, 0.25) is 0 Å². The summed E-state index contributed by atoms with van der Waals surface area (Å²) < 4.78 is 5.41. The molecule has 3 N–H and O–H groups in total. The van der Waals surface area contributed by atoms with E-state index in [4.69, 9.17) is 4.74 Å². The van der Waals surface area contributed by atoms with Gasteiger partial charge in [-0.1, -0.05) is 30.3 Å². The topological polar surface area (TPSA) is 95.6 Å². The fraction of sp³-hybridized carbons (Fsp3) is 0.240. The highest BCUT2D eigenvalue weighted by Gasteiger charge is 2.21. The zero-order chi connectivity index (χ0) is 22.9. The van der Waals surface area contributed by atoms with Crippen molar-refractivity contribution in [3.63, 3.8) is 0 Å². The van der Waals surface area contributed by atoms with Crippen molar-refractivity contribution in [3.8, 4) is 0 Å². The van der Waals surface area contributed by atoms with Gasteiger partial charge in [-0.2, -0.15) is 0 Å². The number of pyridine rings is 1. The number of nitrogens with one attached hydrogen (secondary N) is 3. The largest absolute Gasteiger partial charge is 0.448 e. The van der Waals surface area contributed by atoms with Crippen molar-refractivity contribution in [2.24, 2.45) is 5.92 Å². The van der Waals surface area contributed by atoms with Gasteiger partial charge in [0.15, 0.2) is 0 Å². The normalized spacial score (nSPS) is 13.8. The van der Waals surface area contributed by atoms with Crippen LogP contribution < -0.4 is 21.1 Å². The molecule has 0 spiro atoms. The number of hydrogen-bond donors (Lipinski definition) is 3. The van der Waals surface area contributed by atoms with E-state index in [1.165, 1.54) is 5.69 Å². The van der Waals surface area contributed by atoms with Gasteiger partial charge in [0.1, 0.15) is 0 Å². The van der Waals surface area contributed by atoms with Gasteiger partial charge < -0.3 is 15.0 Å². The fourth-order valence-corrected chi connectivity index (χ4v) is 3.75. The van der Waals surface area contributed by atoms with Crippen LogP contribution in [0.5, 0.6) is 0 Å². The highest BCUT2D eigenvalue weighted by Crippen LogP contribution is 2.23. The van der Waals surface area contributed by atoms with Gasteiger partial charge in [-0.05, 0) is 55.2 Å². The lowest BCUT2D eigenvalue weighted by molar-refractivity contribution is 0.102. The van der Waals surface area contributed by atoms with Crippen LogP contribution in [-0.2, 0) is 4.74 Å². The maximum atomic E-state index is 12.4. The second kappa shape index (κ2) is 11.0. The van der Waals surface area contributed by atoms with Gasteiger partial charge in [0, 0.05) is 36.7 Å². The maximum absolute atomic E-state index is 12.4. The lowest BCUT2D eigenvalue weighted by atomic mass is 9.97. The number of rotatable bonds is 7. The van der Waals surface area contributed by atoms with E-state index in [0.717, 1.165) is 25.9 Å². The Bertz CT molecular complexity index is 1050. The molecule has 1 fully saturated rings. The Kier molecular flexibility index (Phi) is 7.37. The molecule has 0 bridgehead atoms. The Morgan fingerprint density at radius 1 is 0.909 bits per heavy atom. The lowest BCUT2D eigenvalue weighted by Crippen LogP contribution is -2.37.